The van der Waals surface area contributed by atoms with Gasteiger partial charge in [-0.2, -0.15) is 11.8 Å². The fourth-order valence-electron chi connectivity index (χ4n) is 6.40. The number of fused-ring (bicyclic) bond motifs is 5. The van der Waals surface area contributed by atoms with E-state index in [4.69, 9.17) is 14.5 Å². The third kappa shape index (κ3) is 8.15. The fourth-order valence-corrected chi connectivity index (χ4v) is 7.59. The highest BCUT2D eigenvalue weighted by Crippen LogP contribution is 2.38. The Balaban J connectivity index is 1.56. The summed E-state index contributed by atoms with van der Waals surface area (Å²) in [6.07, 6.45) is 8.16. The third-order valence-electron chi connectivity index (χ3n) is 9.20. The van der Waals surface area contributed by atoms with Gasteiger partial charge in [0.15, 0.2) is 17.4 Å². The highest BCUT2D eigenvalue weighted by molar-refractivity contribution is 7.99. The third-order valence-corrected chi connectivity index (χ3v) is 10.7. The molecule has 4 aromatic rings. The van der Waals surface area contributed by atoms with Crippen LogP contribution in [0.4, 0.5) is 4.39 Å². The van der Waals surface area contributed by atoms with Crippen LogP contribution in [0.15, 0.2) is 65.9 Å². The number of aryl methyl sites for hydroxylation is 1. The number of nitrogens with zero attached hydrogens (tertiary/aromatic N) is 2. The van der Waals surface area contributed by atoms with Gasteiger partial charge in [-0.25, -0.2) is 9.38 Å². The zero-order valence-electron chi connectivity index (χ0n) is 28.5. The van der Waals surface area contributed by atoms with Gasteiger partial charge in [-0.05, 0) is 72.8 Å². The molecule has 5 rings (SSSR count). The van der Waals surface area contributed by atoms with Gasteiger partial charge >= 0.3 is 0 Å². The van der Waals surface area contributed by atoms with Crippen LogP contribution >= 0.6 is 11.8 Å². The molecule has 0 saturated carbocycles. The van der Waals surface area contributed by atoms with Gasteiger partial charge in [-0.1, -0.05) is 44.5 Å². The van der Waals surface area contributed by atoms with Crippen molar-refractivity contribution in [2.75, 3.05) is 32.3 Å². The van der Waals surface area contributed by atoms with Crippen molar-refractivity contribution in [3.05, 3.63) is 89.1 Å². The molecule has 0 radical (unpaired) electrons. The molecule has 8 nitrogen and oxygen atoms in total. The molecule has 2 aromatic heterocycles. The number of aliphatic imine (C=N–C) groups is 1. The average molecular weight is 672 g/mol. The van der Waals surface area contributed by atoms with E-state index in [1.807, 2.05) is 42.2 Å². The lowest BCUT2D eigenvalue weighted by atomic mass is 9.74. The zero-order chi connectivity index (χ0) is 34.3. The summed E-state index contributed by atoms with van der Waals surface area (Å²) in [7, 11) is 3.35. The van der Waals surface area contributed by atoms with E-state index in [1.165, 1.54) is 6.07 Å². The van der Waals surface area contributed by atoms with Gasteiger partial charge in [-0.15, -0.1) is 0 Å². The number of H-pyrrole nitrogens is 1. The van der Waals surface area contributed by atoms with Crippen molar-refractivity contribution in [3.8, 4) is 11.5 Å². The van der Waals surface area contributed by atoms with Gasteiger partial charge < -0.3 is 24.6 Å². The highest BCUT2D eigenvalue weighted by Gasteiger charge is 2.34. The van der Waals surface area contributed by atoms with E-state index in [0.29, 0.717) is 43.1 Å². The normalized spacial score (nSPS) is 20.8. The van der Waals surface area contributed by atoms with Crippen molar-refractivity contribution in [2.24, 2.45) is 16.3 Å². The molecule has 254 valence electrons. The van der Waals surface area contributed by atoms with Crippen LogP contribution in [0.2, 0.25) is 0 Å². The van der Waals surface area contributed by atoms with Crippen molar-refractivity contribution >= 4 is 40.6 Å². The van der Waals surface area contributed by atoms with E-state index in [2.05, 4.69) is 42.1 Å². The number of hydrogen-bond donors (Lipinski definition) is 3. The van der Waals surface area contributed by atoms with Crippen LogP contribution < -0.4 is 10.1 Å². The van der Waals surface area contributed by atoms with Gasteiger partial charge in [0.05, 0.1) is 12.0 Å². The van der Waals surface area contributed by atoms with Crippen LogP contribution in [0.5, 0.6) is 11.5 Å². The van der Waals surface area contributed by atoms with Crippen molar-refractivity contribution in [1.29, 1.82) is 5.41 Å². The predicted octanol–water partition coefficient (Wildman–Crippen LogP) is 7.89. The Morgan fingerprint density at radius 3 is 2.79 bits per heavy atom. The molecule has 1 unspecified atom stereocenters. The first-order chi connectivity index (χ1) is 23.1. The van der Waals surface area contributed by atoms with Gasteiger partial charge in [0.25, 0.3) is 0 Å². The van der Waals surface area contributed by atoms with Crippen LogP contribution in [-0.4, -0.2) is 60.2 Å². The molecular formula is C38H46FN5O3S. The summed E-state index contributed by atoms with van der Waals surface area (Å²) in [6.45, 7) is 7.00. The minimum absolute atomic E-state index is 0.0455. The maximum Gasteiger partial charge on any atom is 0.168 e. The number of carbonyl (C=O) groups is 1. The first-order valence-corrected chi connectivity index (χ1v) is 17.6. The number of rotatable bonds is 6. The Morgan fingerprint density at radius 1 is 1.19 bits per heavy atom. The largest absolute Gasteiger partial charge is 0.454 e. The number of aldehydes is 1. The van der Waals surface area contributed by atoms with E-state index < -0.39 is 11.2 Å². The van der Waals surface area contributed by atoms with Crippen molar-refractivity contribution < 1.29 is 18.7 Å². The lowest BCUT2D eigenvalue weighted by Crippen LogP contribution is -2.34. The maximum absolute atomic E-state index is 15.6. The van der Waals surface area contributed by atoms with E-state index >= 15 is 4.39 Å². The van der Waals surface area contributed by atoms with Crippen molar-refractivity contribution in [3.63, 3.8) is 0 Å². The molecular weight excluding hydrogens is 626 g/mol. The summed E-state index contributed by atoms with van der Waals surface area (Å²) in [5.74, 6) is 2.34. The van der Waals surface area contributed by atoms with E-state index in [-0.39, 0.29) is 22.9 Å². The summed E-state index contributed by atoms with van der Waals surface area (Å²) >= 11 is 1.87. The van der Waals surface area contributed by atoms with Gasteiger partial charge in [0.2, 0.25) is 0 Å². The number of pyridine rings is 1. The number of halogens is 1. The average Bonchev–Trinajstić information content (AvgIpc) is 3.54. The molecule has 2 bridgehead atoms. The van der Waals surface area contributed by atoms with E-state index in [0.717, 1.165) is 58.2 Å². The number of aromatic nitrogens is 2. The Morgan fingerprint density at radius 2 is 2.02 bits per heavy atom. The molecule has 2 aromatic carbocycles. The number of thioether (sulfide) groups is 1. The molecule has 3 N–H and O–H groups in total. The molecule has 2 atom stereocenters. The first-order valence-electron chi connectivity index (χ1n) is 16.5. The molecule has 1 aliphatic heterocycles. The number of ether oxygens (including phenoxy) is 2. The minimum atomic E-state index is -0.719. The monoisotopic (exact) mass is 671 g/mol. The molecule has 3 heterocycles. The SMILES string of the molecule is CN/C1=N\C(=N)[C@@](C)(c2cccc(CC(C=O)COC)c2)CCCC(C)(C)CSCCc2c(c(F)cc3[nH]ccc23)Oc2ccnc1c2. The minimum Gasteiger partial charge on any atom is -0.454 e. The standard InChI is InChI=1S/C38H46FN5O3S/c1-37(2)13-7-14-38(3,27-9-6-8-25(19-27)18-26(22-45)23-46-5)36(40)44-35(41-4)33-20-28(10-15-43-33)47-34-30(12-17-48-24-37)29-11-16-42-32(29)21-31(34)39/h6,8-11,15-16,19-22,26,42H,7,12-14,17-18,23-24H2,1-5H3,(H2,40,41,44)/t26?,38-/m1/s1. The number of nitrogens with one attached hydrogen (secondary N) is 3. The second-order valence-electron chi connectivity index (χ2n) is 13.6. The predicted molar refractivity (Wildman–Crippen MR) is 193 cm³/mol. The Kier molecular flexibility index (Phi) is 11.4. The molecule has 0 spiro atoms. The van der Waals surface area contributed by atoms with Gasteiger partial charge in [-0.3, -0.25) is 10.4 Å². The molecule has 10 heteroatoms. The lowest BCUT2D eigenvalue weighted by molar-refractivity contribution is -0.112. The molecule has 0 fully saturated rings. The lowest BCUT2D eigenvalue weighted by Gasteiger charge is -2.32. The van der Waals surface area contributed by atoms with Crippen molar-refractivity contribution in [1.82, 2.24) is 15.3 Å². The van der Waals surface area contributed by atoms with Crippen LogP contribution in [0.25, 0.3) is 10.9 Å². The Labute approximate surface area is 286 Å². The second-order valence-corrected chi connectivity index (χ2v) is 14.7. The van der Waals surface area contributed by atoms with E-state index in [9.17, 15) is 10.2 Å². The van der Waals surface area contributed by atoms with Crippen LogP contribution in [0.3, 0.4) is 0 Å². The highest BCUT2D eigenvalue weighted by atomic mass is 32.2. The molecule has 0 amide bonds. The number of carbonyl (C=O) groups excluding carboxylic acids is 1. The van der Waals surface area contributed by atoms with Gasteiger partial charge in [0, 0.05) is 61.1 Å². The van der Waals surface area contributed by atoms with Crippen LogP contribution in [0, 0.1) is 22.6 Å². The Hall–Kier alpha value is -4.02. The first kappa shape index (κ1) is 35.3. The summed E-state index contributed by atoms with van der Waals surface area (Å²) < 4.78 is 27.1. The summed E-state index contributed by atoms with van der Waals surface area (Å²) in [5.41, 5.74) is 3.37. The van der Waals surface area contributed by atoms with E-state index in [1.54, 1.807) is 32.5 Å². The van der Waals surface area contributed by atoms with Crippen LogP contribution in [-0.2, 0) is 27.8 Å². The molecule has 0 aliphatic carbocycles. The number of aromatic amines is 1. The number of methoxy groups -OCH3 is 1. The summed E-state index contributed by atoms with van der Waals surface area (Å²) in [5, 5.41) is 13.5. The summed E-state index contributed by atoms with van der Waals surface area (Å²) in [6, 6.07) is 15.0. The van der Waals surface area contributed by atoms with Gasteiger partial charge in [0.1, 0.15) is 23.6 Å². The maximum atomic E-state index is 15.6. The zero-order valence-corrected chi connectivity index (χ0v) is 29.3. The smallest absolute Gasteiger partial charge is 0.168 e. The number of amidine groups is 2. The summed E-state index contributed by atoms with van der Waals surface area (Å²) in [4.78, 5) is 24.2. The number of benzene rings is 2. The molecule has 48 heavy (non-hydrogen) atoms. The molecule has 0 saturated heterocycles. The number of hydrogen-bond acceptors (Lipinski definition) is 7. The van der Waals surface area contributed by atoms with Crippen LogP contribution in [0.1, 0.15) is 62.4 Å². The second kappa shape index (κ2) is 15.5. The van der Waals surface area contributed by atoms with Crippen molar-refractivity contribution in [2.45, 2.75) is 58.3 Å². The molecule has 1 aliphatic rings. The Bertz CT molecular complexity index is 1790. The topological polar surface area (TPSA) is 112 Å². The quantitative estimate of drug-likeness (QED) is 0.180. The fraction of sp³-hybridized carbons (Fsp3) is 0.421.